The first kappa shape index (κ1) is 14.3. The molecule has 0 radical (unpaired) electrons. The lowest BCUT2D eigenvalue weighted by Gasteiger charge is -2.26. The Balaban J connectivity index is 2.42. The van der Waals surface area contributed by atoms with E-state index in [4.69, 9.17) is 0 Å². The number of carbonyl (C=O) groups is 1. The first-order valence-corrected chi connectivity index (χ1v) is 8.09. The van der Waals surface area contributed by atoms with E-state index in [1.54, 1.807) is 0 Å². The molecule has 0 aromatic heterocycles. The predicted molar refractivity (Wildman–Crippen MR) is 82.1 cm³/mol. The molecule has 2 rings (SSSR count). The molecule has 1 aliphatic carbocycles. The largest absolute Gasteiger partial charge is 0.294 e. The topological polar surface area (TPSA) is 17.1 Å². The van der Waals surface area contributed by atoms with Gasteiger partial charge < -0.3 is 0 Å². The van der Waals surface area contributed by atoms with E-state index in [1.165, 1.54) is 12.8 Å². The number of carbonyl (C=O) groups excluding carboxylic acids is 1. The average Bonchev–Trinajstić information content (AvgIpc) is 2.83. The highest BCUT2D eigenvalue weighted by molar-refractivity contribution is 9.11. The van der Waals surface area contributed by atoms with Gasteiger partial charge in [-0.15, -0.1) is 0 Å². The SMILES string of the molecule is CCC1(C(=O)c2cc(Br)c(C)cc2Br)CCCC1. The Labute approximate surface area is 126 Å². The molecule has 1 nitrogen and oxygen atoms in total. The van der Waals surface area contributed by atoms with Crippen LogP contribution < -0.4 is 0 Å². The monoisotopic (exact) mass is 372 g/mol. The lowest BCUT2D eigenvalue weighted by Crippen LogP contribution is -2.27. The zero-order chi connectivity index (χ0) is 13.3. The summed E-state index contributed by atoms with van der Waals surface area (Å²) in [5.74, 6) is 0.315. The average molecular weight is 374 g/mol. The van der Waals surface area contributed by atoms with Gasteiger partial charge in [-0.05, 0) is 43.9 Å². The van der Waals surface area contributed by atoms with Gasteiger partial charge in [0.1, 0.15) is 0 Å². The van der Waals surface area contributed by atoms with Gasteiger partial charge in [0.05, 0.1) is 0 Å². The van der Waals surface area contributed by atoms with Crippen LogP contribution in [-0.2, 0) is 0 Å². The summed E-state index contributed by atoms with van der Waals surface area (Å²) < 4.78 is 1.94. The molecule has 18 heavy (non-hydrogen) atoms. The van der Waals surface area contributed by atoms with Gasteiger partial charge in [-0.3, -0.25) is 4.79 Å². The quantitative estimate of drug-likeness (QED) is 0.623. The van der Waals surface area contributed by atoms with Crippen LogP contribution in [0.3, 0.4) is 0 Å². The third-order valence-corrected chi connectivity index (χ3v) is 5.72. The smallest absolute Gasteiger partial charge is 0.170 e. The van der Waals surface area contributed by atoms with Gasteiger partial charge in [0.15, 0.2) is 5.78 Å². The van der Waals surface area contributed by atoms with Gasteiger partial charge in [0, 0.05) is 19.9 Å². The van der Waals surface area contributed by atoms with Crippen LogP contribution in [0, 0.1) is 12.3 Å². The highest BCUT2D eigenvalue weighted by Crippen LogP contribution is 2.44. The molecule has 0 amide bonds. The van der Waals surface area contributed by atoms with E-state index in [0.29, 0.717) is 5.78 Å². The van der Waals surface area contributed by atoms with Crippen molar-refractivity contribution in [1.82, 2.24) is 0 Å². The second kappa shape index (κ2) is 5.46. The van der Waals surface area contributed by atoms with Crippen LogP contribution in [0.4, 0.5) is 0 Å². The summed E-state index contributed by atoms with van der Waals surface area (Å²) in [6, 6.07) is 3.99. The molecule has 3 heteroatoms. The Hall–Kier alpha value is -0.150. The molecular formula is C15H18Br2O. The Morgan fingerprint density at radius 2 is 1.83 bits per heavy atom. The number of hydrogen-bond donors (Lipinski definition) is 0. The van der Waals surface area contributed by atoms with E-state index in [-0.39, 0.29) is 5.41 Å². The maximum absolute atomic E-state index is 12.8. The normalized spacial score (nSPS) is 18.0. The molecule has 1 saturated carbocycles. The number of rotatable bonds is 3. The van der Waals surface area contributed by atoms with E-state index in [2.05, 4.69) is 38.8 Å². The molecule has 0 saturated heterocycles. The van der Waals surface area contributed by atoms with Crippen LogP contribution in [0.5, 0.6) is 0 Å². The molecular weight excluding hydrogens is 356 g/mol. The maximum atomic E-state index is 12.8. The molecule has 0 heterocycles. The standard InChI is InChI=1S/C15H18Br2O/c1-3-15(6-4-5-7-15)14(18)11-9-12(16)10(2)8-13(11)17/h8-9H,3-7H2,1-2H3. The van der Waals surface area contributed by atoms with Crippen LogP contribution in [-0.4, -0.2) is 5.78 Å². The highest BCUT2D eigenvalue weighted by Gasteiger charge is 2.40. The van der Waals surface area contributed by atoms with Gasteiger partial charge in [-0.25, -0.2) is 0 Å². The van der Waals surface area contributed by atoms with E-state index in [1.807, 2.05) is 19.1 Å². The number of benzene rings is 1. The number of halogens is 2. The van der Waals surface area contributed by atoms with Crippen LogP contribution >= 0.6 is 31.9 Å². The van der Waals surface area contributed by atoms with Crippen molar-refractivity contribution in [3.63, 3.8) is 0 Å². The van der Waals surface area contributed by atoms with Crippen molar-refractivity contribution in [3.05, 3.63) is 32.2 Å². The Morgan fingerprint density at radius 1 is 1.22 bits per heavy atom. The molecule has 0 N–H and O–H groups in total. The zero-order valence-corrected chi connectivity index (χ0v) is 14.0. The van der Waals surface area contributed by atoms with Gasteiger partial charge in [0.2, 0.25) is 0 Å². The summed E-state index contributed by atoms with van der Waals surface area (Å²) in [7, 11) is 0. The molecule has 0 unspecified atom stereocenters. The summed E-state index contributed by atoms with van der Waals surface area (Å²) in [4.78, 5) is 12.8. The molecule has 0 atom stereocenters. The minimum absolute atomic E-state index is 0.114. The van der Waals surface area contributed by atoms with Crippen LogP contribution in [0.15, 0.2) is 21.1 Å². The van der Waals surface area contributed by atoms with Crippen LogP contribution in [0.1, 0.15) is 54.9 Å². The summed E-state index contributed by atoms with van der Waals surface area (Å²) in [5, 5.41) is 0. The summed E-state index contributed by atoms with van der Waals surface area (Å²) in [6.45, 7) is 4.18. The molecule has 0 aliphatic heterocycles. The van der Waals surface area contributed by atoms with Crippen molar-refractivity contribution >= 4 is 37.6 Å². The number of Topliss-reactive ketones (excluding diaryl/α,β-unsaturated/α-hetero) is 1. The van der Waals surface area contributed by atoms with Crippen LogP contribution in [0.2, 0.25) is 0 Å². The van der Waals surface area contributed by atoms with Gasteiger partial charge in [-0.2, -0.15) is 0 Å². The molecule has 0 spiro atoms. The number of hydrogen-bond acceptors (Lipinski definition) is 1. The fourth-order valence-corrected chi connectivity index (χ4v) is 3.88. The number of aryl methyl sites for hydroxylation is 1. The first-order chi connectivity index (χ1) is 8.50. The van der Waals surface area contributed by atoms with Crippen LogP contribution in [0.25, 0.3) is 0 Å². The summed E-state index contributed by atoms with van der Waals surface area (Å²) in [5.41, 5.74) is 1.86. The van der Waals surface area contributed by atoms with E-state index < -0.39 is 0 Å². The lowest BCUT2D eigenvalue weighted by atomic mass is 9.76. The molecule has 1 aromatic rings. The van der Waals surface area contributed by atoms with Crippen molar-refractivity contribution in [1.29, 1.82) is 0 Å². The lowest BCUT2D eigenvalue weighted by molar-refractivity contribution is 0.0790. The van der Waals surface area contributed by atoms with E-state index in [9.17, 15) is 4.79 Å². The summed E-state index contributed by atoms with van der Waals surface area (Å²) >= 11 is 7.06. The minimum atomic E-state index is -0.114. The van der Waals surface area contributed by atoms with Gasteiger partial charge in [0.25, 0.3) is 0 Å². The van der Waals surface area contributed by atoms with Crippen molar-refractivity contribution in [3.8, 4) is 0 Å². The minimum Gasteiger partial charge on any atom is -0.294 e. The van der Waals surface area contributed by atoms with E-state index >= 15 is 0 Å². The first-order valence-electron chi connectivity index (χ1n) is 6.50. The molecule has 1 fully saturated rings. The Bertz CT molecular complexity index is 474. The third-order valence-electron chi connectivity index (χ3n) is 4.21. The van der Waals surface area contributed by atoms with Crippen molar-refractivity contribution in [2.75, 3.05) is 0 Å². The third kappa shape index (κ3) is 2.44. The second-order valence-electron chi connectivity index (χ2n) is 5.25. The molecule has 0 bridgehead atoms. The van der Waals surface area contributed by atoms with E-state index in [0.717, 1.165) is 39.3 Å². The molecule has 1 aliphatic rings. The van der Waals surface area contributed by atoms with Crippen molar-refractivity contribution in [2.24, 2.45) is 5.41 Å². The Kier molecular flexibility index (Phi) is 4.32. The number of ketones is 1. The van der Waals surface area contributed by atoms with Crippen molar-refractivity contribution < 1.29 is 4.79 Å². The molecule has 1 aromatic carbocycles. The van der Waals surface area contributed by atoms with Gasteiger partial charge in [-0.1, -0.05) is 51.6 Å². The fraction of sp³-hybridized carbons (Fsp3) is 0.533. The molecule has 98 valence electrons. The maximum Gasteiger partial charge on any atom is 0.170 e. The highest BCUT2D eigenvalue weighted by atomic mass is 79.9. The predicted octanol–water partition coefficient (Wildman–Crippen LogP) is 5.67. The van der Waals surface area contributed by atoms with Gasteiger partial charge >= 0.3 is 0 Å². The fourth-order valence-electron chi connectivity index (χ4n) is 2.90. The Morgan fingerprint density at radius 3 is 2.39 bits per heavy atom. The summed E-state index contributed by atoms with van der Waals surface area (Å²) in [6.07, 6.45) is 5.40. The zero-order valence-electron chi connectivity index (χ0n) is 10.9. The second-order valence-corrected chi connectivity index (χ2v) is 6.96. The van der Waals surface area contributed by atoms with Crippen molar-refractivity contribution in [2.45, 2.75) is 46.0 Å².